The Hall–Kier alpha value is -1.96. The van der Waals surface area contributed by atoms with Gasteiger partial charge in [-0.3, -0.25) is 4.79 Å². The van der Waals surface area contributed by atoms with E-state index in [2.05, 4.69) is 76.1 Å². The van der Waals surface area contributed by atoms with Crippen LogP contribution in [0.5, 0.6) is 0 Å². The summed E-state index contributed by atoms with van der Waals surface area (Å²) < 4.78 is 35.9. The second-order valence-electron chi connectivity index (χ2n) is 7.40. The summed E-state index contributed by atoms with van der Waals surface area (Å²) in [5.41, 5.74) is 0. The first kappa shape index (κ1) is 28.1. The summed E-state index contributed by atoms with van der Waals surface area (Å²) in [6, 6.07) is 0. The van der Waals surface area contributed by atoms with Crippen molar-refractivity contribution in [2.75, 3.05) is 13.2 Å². The SMILES string of the molecule is CCC=CCC=CCC=CCC=CCC=CCCCCCC(=O)OCC1COS(=O)(=O)O1. The van der Waals surface area contributed by atoms with Crippen molar-refractivity contribution in [1.82, 2.24) is 0 Å². The lowest BCUT2D eigenvalue weighted by Gasteiger charge is -2.07. The van der Waals surface area contributed by atoms with Crippen molar-refractivity contribution in [3.8, 4) is 0 Å². The first-order valence-electron chi connectivity index (χ1n) is 11.5. The predicted octanol–water partition coefficient (Wildman–Crippen LogP) is 5.89. The lowest BCUT2D eigenvalue weighted by molar-refractivity contribution is -0.146. The van der Waals surface area contributed by atoms with Gasteiger partial charge in [-0.2, -0.15) is 8.42 Å². The Balaban J connectivity index is 1.90. The highest BCUT2D eigenvalue weighted by atomic mass is 32.3. The first-order valence-corrected chi connectivity index (χ1v) is 12.8. The largest absolute Gasteiger partial charge is 0.463 e. The fraction of sp³-hybridized carbons (Fsp3) is 0.560. The van der Waals surface area contributed by atoms with Crippen LogP contribution in [0.25, 0.3) is 0 Å². The van der Waals surface area contributed by atoms with E-state index in [1.54, 1.807) is 0 Å². The molecule has 0 spiro atoms. The fourth-order valence-electron chi connectivity index (χ4n) is 2.79. The molecule has 0 radical (unpaired) electrons. The number of carbonyl (C=O) groups is 1. The minimum Gasteiger partial charge on any atom is -0.463 e. The molecule has 0 amide bonds. The molecule has 0 bridgehead atoms. The summed E-state index contributed by atoms with van der Waals surface area (Å²) in [4.78, 5) is 11.6. The molecule has 1 unspecified atom stereocenters. The Morgan fingerprint density at radius 3 is 1.94 bits per heavy atom. The van der Waals surface area contributed by atoms with Crippen LogP contribution < -0.4 is 0 Å². The molecule has 1 rings (SSSR count). The summed E-state index contributed by atoms with van der Waals surface area (Å²) in [5, 5.41) is 0. The topological polar surface area (TPSA) is 78.9 Å². The number of hydrogen-bond donors (Lipinski definition) is 0. The Bertz CT molecular complexity index is 746. The number of hydrogen-bond acceptors (Lipinski definition) is 6. The van der Waals surface area contributed by atoms with Gasteiger partial charge >= 0.3 is 16.4 Å². The van der Waals surface area contributed by atoms with Gasteiger partial charge < -0.3 is 4.74 Å². The van der Waals surface area contributed by atoms with Crippen molar-refractivity contribution in [1.29, 1.82) is 0 Å². The second-order valence-corrected chi connectivity index (χ2v) is 8.65. The molecule has 0 aliphatic carbocycles. The van der Waals surface area contributed by atoms with Gasteiger partial charge in [-0.1, -0.05) is 74.1 Å². The maximum absolute atomic E-state index is 11.6. The standard InChI is InChI=1S/C25H38O6S/c1-2-3-4-5-6-7-8-9-10-11-12-13-14-15-16-17-18-19-20-21-25(26)29-22-24-23-30-32(27,28)31-24/h3-4,6-7,9-10,12-13,15-16,24H,2,5,8,11,14,17-23H2,1H3. The third-order valence-electron chi connectivity index (χ3n) is 4.49. The molecule has 0 saturated carbocycles. The van der Waals surface area contributed by atoms with E-state index in [0.29, 0.717) is 6.42 Å². The van der Waals surface area contributed by atoms with Crippen LogP contribution in [0.3, 0.4) is 0 Å². The summed E-state index contributed by atoms with van der Waals surface area (Å²) >= 11 is 0. The van der Waals surface area contributed by atoms with E-state index < -0.39 is 16.5 Å². The summed E-state index contributed by atoms with van der Waals surface area (Å²) in [6.45, 7) is 1.93. The maximum atomic E-state index is 11.6. The number of rotatable bonds is 17. The zero-order valence-electron chi connectivity index (χ0n) is 19.2. The Labute approximate surface area is 194 Å². The van der Waals surface area contributed by atoms with Crippen molar-refractivity contribution < 1.29 is 26.3 Å². The molecule has 0 aromatic heterocycles. The van der Waals surface area contributed by atoms with E-state index in [9.17, 15) is 13.2 Å². The summed E-state index contributed by atoms with van der Waals surface area (Å²) in [5.74, 6) is -0.340. The van der Waals surface area contributed by atoms with Crippen LogP contribution in [0.2, 0.25) is 0 Å². The molecular weight excluding hydrogens is 428 g/mol. The molecule has 1 saturated heterocycles. The van der Waals surface area contributed by atoms with E-state index >= 15 is 0 Å². The van der Waals surface area contributed by atoms with Crippen molar-refractivity contribution in [3.05, 3.63) is 60.8 Å². The van der Waals surface area contributed by atoms with Gasteiger partial charge in [0.05, 0.1) is 6.61 Å². The van der Waals surface area contributed by atoms with Crippen LogP contribution in [0.4, 0.5) is 0 Å². The maximum Gasteiger partial charge on any atom is 0.400 e. The molecule has 0 aromatic rings. The quantitative estimate of drug-likeness (QED) is 0.151. The average Bonchev–Trinajstić information content (AvgIpc) is 3.12. The molecule has 32 heavy (non-hydrogen) atoms. The number of unbranched alkanes of at least 4 members (excludes halogenated alkanes) is 3. The molecular formula is C25H38O6S. The number of esters is 1. The van der Waals surface area contributed by atoms with Gasteiger partial charge in [0.2, 0.25) is 0 Å². The third kappa shape index (κ3) is 16.7. The lowest BCUT2D eigenvalue weighted by atomic mass is 10.1. The van der Waals surface area contributed by atoms with Gasteiger partial charge in [0.1, 0.15) is 12.7 Å². The third-order valence-corrected chi connectivity index (χ3v) is 5.42. The van der Waals surface area contributed by atoms with Crippen molar-refractivity contribution in [3.63, 3.8) is 0 Å². The molecule has 7 heteroatoms. The van der Waals surface area contributed by atoms with E-state index in [1.165, 1.54) is 0 Å². The van der Waals surface area contributed by atoms with E-state index in [-0.39, 0.29) is 19.2 Å². The predicted molar refractivity (Wildman–Crippen MR) is 128 cm³/mol. The molecule has 1 fully saturated rings. The number of carbonyl (C=O) groups excluding carboxylic acids is 1. The van der Waals surface area contributed by atoms with Crippen LogP contribution in [-0.4, -0.2) is 33.7 Å². The highest BCUT2D eigenvalue weighted by Crippen LogP contribution is 2.13. The van der Waals surface area contributed by atoms with Crippen LogP contribution in [0.15, 0.2) is 60.8 Å². The van der Waals surface area contributed by atoms with Gasteiger partial charge in [-0.15, -0.1) is 0 Å². The fourth-order valence-corrected chi connectivity index (χ4v) is 3.61. The zero-order valence-corrected chi connectivity index (χ0v) is 20.0. The molecule has 1 aliphatic rings. The van der Waals surface area contributed by atoms with E-state index in [4.69, 9.17) is 4.74 Å². The molecule has 1 aliphatic heterocycles. The minimum atomic E-state index is -3.90. The summed E-state index contributed by atoms with van der Waals surface area (Å²) in [7, 11) is -3.90. The van der Waals surface area contributed by atoms with Gasteiger partial charge in [-0.05, 0) is 51.4 Å². The van der Waals surface area contributed by atoms with E-state index in [1.807, 2.05) is 0 Å². The van der Waals surface area contributed by atoms with Crippen LogP contribution in [0, 0.1) is 0 Å². The van der Waals surface area contributed by atoms with Gasteiger partial charge in [0, 0.05) is 6.42 Å². The normalized spacial score (nSPS) is 18.8. The molecule has 180 valence electrons. The Morgan fingerprint density at radius 1 is 0.844 bits per heavy atom. The first-order chi connectivity index (χ1) is 15.5. The number of ether oxygens (including phenoxy) is 1. The van der Waals surface area contributed by atoms with Crippen LogP contribution >= 0.6 is 0 Å². The lowest BCUT2D eigenvalue weighted by Crippen LogP contribution is -2.20. The Morgan fingerprint density at radius 2 is 1.41 bits per heavy atom. The minimum absolute atomic E-state index is 0.0991. The molecule has 6 nitrogen and oxygen atoms in total. The van der Waals surface area contributed by atoms with Gasteiger partial charge in [0.25, 0.3) is 0 Å². The highest BCUT2D eigenvalue weighted by Gasteiger charge is 2.30. The summed E-state index contributed by atoms with van der Waals surface area (Å²) in [6.07, 6.45) is 30.1. The molecule has 1 heterocycles. The highest BCUT2D eigenvalue weighted by molar-refractivity contribution is 7.82. The molecule has 0 N–H and O–H groups in total. The van der Waals surface area contributed by atoms with E-state index in [0.717, 1.165) is 57.8 Å². The second kappa shape index (κ2) is 18.6. The van der Waals surface area contributed by atoms with Crippen molar-refractivity contribution in [2.45, 2.75) is 77.2 Å². The monoisotopic (exact) mass is 466 g/mol. The van der Waals surface area contributed by atoms with Crippen molar-refractivity contribution in [2.24, 2.45) is 0 Å². The van der Waals surface area contributed by atoms with Gasteiger partial charge in [0.15, 0.2) is 0 Å². The van der Waals surface area contributed by atoms with Crippen molar-refractivity contribution >= 4 is 16.4 Å². The molecule has 0 aromatic carbocycles. The van der Waals surface area contributed by atoms with Gasteiger partial charge in [-0.25, -0.2) is 8.37 Å². The zero-order chi connectivity index (χ0) is 23.3. The van der Waals surface area contributed by atoms with Crippen LogP contribution in [-0.2, 0) is 28.3 Å². The van der Waals surface area contributed by atoms with Crippen LogP contribution in [0.1, 0.15) is 71.1 Å². The smallest absolute Gasteiger partial charge is 0.400 e. The molecule has 1 atom stereocenters. The Kier molecular flexibility index (Phi) is 16.3. The number of allylic oxidation sites excluding steroid dienone is 10. The average molecular weight is 467 g/mol.